The Bertz CT molecular complexity index is 1030. The SMILES string of the molecule is CC[Si](CC)(CC)O[C@@H](c1ccc(OC)cc1)[C@@H](/C(C)=C/S(=O)(=NC)c1ccccc1)C(C)C. The molecule has 1 unspecified atom stereocenters. The minimum absolute atomic E-state index is 0.0659. The lowest BCUT2D eigenvalue weighted by atomic mass is 9.82. The number of hydrogen-bond donors (Lipinski definition) is 0. The summed E-state index contributed by atoms with van der Waals surface area (Å²) >= 11 is 0. The maximum atomic E-state index is 13.9. The van der Waals surface area contributed by atoms with Gasteiger partial charge in [0.2, 0.25) is 0 Å². The van der Waals surface area contributed by atoms with Gasteiger partial charge in [-0.05, 0) is 60.8 Å². The fourth-order valence-corrected chi connectivity index (χ4v) is 9.18. The maximum absolute atomic E-state index is 13.9. The molecular formula is C28H43NO3SSi. The van der Waals surface area contributed by atoms with Crippen LogP contribution in [0.15, 0.2) is 74.8 Å². The van der Waals surface area contributed by atoms with Crippen molar-refractivity contribution in [1.82, 2.24) is 0 Å². The molecule has 34 heavy (non-hydrogen) atoms. The van der Waals surface area contributed by atoms with Crippen molar-refractivity contribution >= 4 is 18.0 Å². The number of benzene rings is 2. The van der Waals surface area contributed by atoms with Crippen LogP contribution in [0.5, 0.6) is 5.75 Å². The number of hydrogen-bond acceptors (Lipinski definition) is 4. The predicted octanol–water partition coefficient (Wildman–Crippen LogP) is 8.09. The second-order valence-corrected chi connectivity index (χ2v) is 16.2. The quantitative estimate of drug-likeness (QED) is 0.276. The van der Waals surface area contributed by atoms with E-state index in [4.69, 9.17) is 9.16 Å². The predicted molar refractivity (Wildman–Crippen MR) is 147 cm³/mol. The first-order valence-electron chi connectivity index (χ1n) is 12.4. The van der Waals surface area contributed by atoms with Crippen molar-refractivity contribution in [3.63, 3.8) is 0 Å². The van der Waals surface area contributed by atoms with E-state index in [9.17, 15) is 4.21 Å². The Hall–Kier alpha value is -1.89. The maximum Gasteiger partial charge on any atom is 0.192 e. The Morgan fingerprint density at radius 3 is 2.00 bits per heavy atom. The van der Waals surface area contributed by atoms with E-state index < -0.39 is 18.0 Å². The van der Waals surface area contributed by atoms with Crippen molar-refractivity contribution in [2.45, 2.75) is 70.7 Å². The van der Waals surface area contributed by atoms with Crippen LogP contribution in [0.4, 0.5) is 0 Å². The molecule has 0 spiro atoms. The molecule has 0 bridgehead atoms. The minimum atomic E-state index is -2.67. The summed E-state index contributed by atoms with van der Waals surface area (Å²) in [5.41, 5.74) is 2.20. The Morgan fingerprint density at radius 1 is 1.00 bits per heavy atom. The molecule has 0 saturated carbocycles. The molecule has 0 aliphatic rings. The molecule has 188 valence electrons. The van der Waals surface area contributed by atoms with Crippen molar-refractivity contribution in [2.24, 2.45) is 16.2 Å². The van der Waals surface area contributed by atoms with E-state index >= 15 is 0 Å². The molecule has 0 heterocycles. The number of ether oxygens (including phenoxy) is 1. The van der Waals surface area contributed by atoms with Gasteiger partial charge in [0.15, 0.2) is 8.32 Å². The van der Waals surface area contributed by atoms with E-state index in [1.807, 2.05) is 47.9 Å². The first kappa shape index (κ1) is 28.3. The average molecular weight is 502 g/mol. The molecule has 0 radical (unpaired) electrons. The van der Waals surface area contributed by atoms with Crippen LogP contribution >= 0.6 is 0 Å². The second-order valence-electron chi connectivity index (χ2n) is 9.25. The molecule has 2 rings (SSSR count). The van der Waals surface area contributed by atoms with Crippen LogP contribution in [0.2, 0.25) is 18.1 Å². The summed E-state index contributed by atoms with van der Waals surface area (Å²) in [6, 6.07) is 21.0. The topological polar surface area (TPSA) is 47.9 Å². The first-order valence-corrected chi connectivity index (χ1v) is 16.5. The molecule has 0 fully saturated rings. The van der Waals surface area contributed by atoms with Gasteiger partial charge in [0.05, 0.1) is 27.8 Å². The van der Waals surface area contributed by atoms with E-state index in [0.29, 0.717) is 0 Å². The zero-order valence-corrected chi connectivity index (χ0v) is 24.0. The van der Waals surface area contributed by atoms with E-state index in [1.54, 1.807) is 14.2 Å². The third-order valence-electron chi connectivity index (χ3n) is 7.02. The lowest BCUT2D eigenvalue weighted by molar-refractivity contribution is 0.114. The van der Waals surface area contributed by atoms with Gasteiger partial charge in [0.1, 0.15) is 5.75 Å². The zero-order chi connectivity index (χ0) is 25.4. The largest absolute Gasteiger partial charge is 0.497 e. The van der Waals surface area contributed by atoms with Crippen molar-refractivity contribution < 1.29 is 13.4 Å². The Balaban J connectivity index is 2.65. The third-order valence-corrected chi connectivity index (χ3v) is 13.8. The summed E-state index contributed by atoms with van der Waals surface area (Å²) in [5.74, 6) is 1.19. The standard InChI is InChI=1S/C28H43NO3SSi/c1-9-34(10-2,11-3)32-28(24-17-19-25(31-8)20-18-24)27(22(4)5)23(6)21-33(30,29-7)26-15-13-12-14-16-26/h12-22,27-28H,9-11H2,1-8H3/b23-21+/t27-,28+,33?/m1/s1. The van der Waals surface area contributed by atoms with Gasteiger partial charge in [-0.2, -0.15) is 0 Å². The second kappa shape index (κ2) is 12.7. The molecule has 0 aliphatic heterocycles. The fraction of sp³-hybridized carbons (Fsp3) is 0.500. The normalized spacial score (nSPS) is 16.1. The average Bonchev–Trinajstić information content (AvgIpc) is 2.87. The van der Waals surface area contributed by atoms with E-state index in [-0.39, 0.29) is 17.9 Å². The van der Waals surface area contributed by atoms with Gasteiger partial charge in [-0.25, -0.2) is 8.57 Å². The molecule has 0 aliphatic carbocycles. The van der Waals surface area contributed by atoms with E-state index in [0.717, 1.165) is 39.9 Å². The van der Waals surface area contributed by atoms with E-state index in [1.165, 1.54) is 0 Å². The van der Waals surface area contributed by atoms with Gasteiger partial charge < -0.3 is 9.16 Å². The summed E-state index contributed by atoms with van der Waals surface area (Å²) in [6.45, 7) is 13.3. The van der Waals surface area contributed by atoms with Crippen LogP contribution in [0.3, 0.4) is 0 Å². The highest BCUT2D eigenvalue weighted by Gasteiger charge is 2.37. The lowest BCUT2D eigenvalue weighted by Crippen LogP contribution is -2.40. The van der Waals surface area contributed by atoms with Crippen LogP contribution < -0.4 is 4.74 Å². The van der Waals surface area contributed by atoms with E-state index in [2.05, 4.69) is 58.0 Å². The van der Waals surface area contributed by atoms with Crippen molar-refractivity contribution in [3.8, 4) is 5.75 Å². The zero-order valence-electron chi connectivity index (χ0n) is 22.2. The van der Waals surface area contributed by atoms with Gasteiger partial charge in [-0.15, -0.1) is 0 Å². The molecule has 0 amide bonds. The molecule has 2 aromatic carbocycles. The highest BCUT2D eigenvalue weighted by molar-refractivity contribution is 7.96. The van der Waals surface area contributed by atoms with Crippen molar-refractivity contribution in [1.29, 1.82) is 0 Å². The van der Waals surface area contributed by atoms with Gasteiger partial charge in [-0.3, -0.25) is 0 Å². The molecule has 4 nitrogen and oxygen atoms in total. The summed E-state index contributed by atoms with van der Waals surface area (Å²) in [6.07, 6.45) is -0.120. The number of methoxy groups -OCH3 is 1. The van der Waals surface area contributed by atoms with Crippen LogP contribution in [0.25, 0.3) is 0 Å². The van der Waals surface area contributed by atoms with Crippen LogP contribution in [-0.4, -0.2) is 26.7 Å². The molecule has 3 atom stereocenters. The van der Waals surface area contributed by atoms with Crippen LogP contribution in [0, 0.1) is 11.8 Å². The molecule has 0 aromatic heterocycles. The molecule has 0 saturated heterocycles. The monoisotopic (exact) mass is 501 g/mol. The highest BCUT2D eigenvalue weighted by atomic mass is 32.2. The van der Waals surface area contributed by atoms with Gasteiger partial charge in [-0.1, -0.05) is 70.5 Å². The van der Waals surface area contributed by atoms with Crippen molar-refractivity contribution in [3.05, 3.63) is 71.1 Å². The Kier molecular flexibility index (Phi) is 10.6. The van der Waals surface area contributed by atoms with Gasteiger partial charge >= 0.3 is 0 Å². The molecular weight excluding hydrogens is 458 g/mol. The van der Waals surface area contributed by atoms with Gasteiger partial charge in [0.25, 0.3) is 0 Å². The summed E-state index contributed by atoms with van der Waals surface area (Å²) < 4.78 is 30.8. The highest BCUT2D eigenvalue weighted by Crippen LogP contribution is 2.42. The summed E-state index contributed by atoms with van der Waals surface area (Å²) in [5, 5.41) is 1.89. The third kappa shape index (κ3) is 6.61. The summed E-state index contributed by atoms with van der Waals surface area (Å²) in [7, 11) is -1.27. The lowest BCUT2D eigenvalue weighted by Gasteiger charge is -2.39. The number of rotatable bonds is 12. The van der Waals surface area contributed by atoms with Crippen molar-refractivity contribution in [2.75, 3.05) is 14.2 Å². The Labute approximate surface area is 209 Å². The first-order chi connectivity index (χ1) is 16.2. The molecule has 0 N–H and O–H groups in total. The number of nitrogens with zero attached hydrogens (tertiary/aromatic N) is 1. The fourth-order valence-electron chi connectivity index (χ4n) is 4.70. The van der Waals surface area contributed by atoms with Crippen LogP contribution in [-0.2, 0) is 14.2 Å². The van der Waals surface area contributed by atoms with Crippen LogP contribution in [0.1, 0.15) is 53.2 Å². The molecule has 6 heteroatoms. The molecule has 2 aromatic rings. The summed E-state index contributed by atoms with van der Waals surface area (Å²) in [4.78, 5) is 0.737. The minimum Gasteiger partial charge on any atom is -0.497 e. The smallest absolute Gasteiger partial charge is 0.192 e. The Morgan fingerprint density at radius 2 is 1.56 bits per heavy atom. The van der Waals surface area contributed by atoms with Gasteiger partial charge in [0, 0.05) is 18.4 Å².